The molecule has 0 saturated heterocycles. The Labute approximate surface area is 241 Å². The molecule has 1 aromatic rings. The number of rotatable bonds is 14. The largest absolute Gasteiger partial charge is 1.00 e. The van der Waals surface area contributed by atoms with Gasteiger partial charge in [-0.25, -0.2) is 0 Å². The normalized spacial score (nSPS) is 15.0. The minimum absolute atomic E-state index is 0. The standard InChI is InChI=1S/C28H45N5O3.2ClH/c1-4-17-33(18-16-29)26(34)19-24(30)27(35)32-25(15-10-21-8-6-5-7-9-21)28(36)31-23-13-11-22(12-14-23)20(2)3;;/h11-14,20-21,24-25H,1,4-10,15-19,29-30H2,2-3H3,(H-,31,32,35,36);2*1H/p+1. The molecule has 0 heterocycles. The van der Waals surface area contributed by atoms with E-state index in [1.54, 1.807) is 4.90 Å². The number of hydrogen-bond donors (Lipinski definition) is 4. The van der Waals surface area contributed by atoms with Crippen molar-refractivity contribution in [3.63, 3.8) is 0 Å². The van der Waals surface area contributed by atoms with Crippen LogP contribution >= 0.6 is 0 Å². The van der Waals surface area contributed by atoms with Crippen LogP contribution < -0.4 is 46.9 Å². The average Bonchev–Trinajstić information content (AvgIpc) is 2.87. The van der Waals surface area contributed by atoms with E-state index in [1.807, 2.05) is 24.3 Å². The van der Waals surface area contributed by atoms with E-state index in [-0.39, 0.29) is 49.0 Å². The van der Waals surface area contributed by atoms with Gasteiger partial charge >= 0.3 is 0 Å². The van der Waals surface area contributed by atoms with Crippen molar-refractivity contribution in [3.8, 4) is 0 Å². The summed E-state index contributed by atoms with van der Waals surface area (Å²) in [6, 6.07) is 6.38. The SMILES string of the molecule is [CH2+]CCN(CC[NH3+])C(=O)CC([NH3+])C(=O)NC(CCC1CCCCC1)C(=O)Nc1ccc(C(C)C)cc1.[Cl-].[Cl-]. The highest BCUT2D eigenvalue weighted by Crippen LogP contribution is 2.28. The monoisotopic (exact) mass is 572 g/mol. The fraction of sp³-hybridized carbons (Fsp3) is 0.643. The van der Waals surface area contributed by atoms with Crippen LogP contribution in [0.1, 0.15) is 83.1 Å². The number of nitrogens with zero attached hydrogens (tertiary/aromatic N) is 1. The van der Waals surface area contributed by atoms with Crippen LogP contribution in [0.25, 0.3) is 0 Å². The lowest BCUT2D eigenvalue weighted by Gasteiger charge is -2.25. The topological polar surface area (TPSA) is 134 Å². The lowest BCUT2D eigenvalue weighted by atomic mass is 9.85. The first-order chi connectivity index (χ1) is 17.2. The molecule has 2 atom stereocenters. The predicted molar refractivity (Wildman–Crippen MR) is 143 cm³/mol. The second kappa shape index (κ2) is 19.1. The minimum Gasteiger partial charge on any atom is -1.00 e. The Balaban J connectivity index is 0.00000684. The van der Waals surface area contributed by atoms with E-state index in [1.165, 1.54) is 37.7 Å². The number of hydrogen-bond acceptors (Lipinski definition) is 3. The molecule has 3 amide bonds. The van der Waals surface area contributed by atoms with Gasteiger partial charge in [-0.2, -0.15) is 0 Å². The van der Waals surface area contributed by atoms with Crippen molar-refractivity contribution < 1.29 is 50.7 Å². The summed E-state index contributed by atoms with van der Waals surface area (Å²) in [5.74, 6) is 0.266. The molecular weight excluding hydrogens is 525 g/mol. The number of amides is 3. The summed E-state index contributed by atoms with van der Waals surface area (Å²) >= 11 is 0. The van der Waals surface area contributed by atoms with Crippen molar-refractivity contribution in [1.82, 2.24) is 10.2 Å². The lowest BCUT2D eigenvalue weighted by Crippen LogP contribution is -3.00. The van der Waals surface area contributed by atoms with Crippen molar-refractivity contribution in [3.05, 3.63) is 36.8 Å². The van der Waals surface area contributed by atoms with Gasteiger partial charge in [0, 0.05) is 5.69 Å². The molecule has 0 radical (unpaired) electrons. The van der Waals surface area contributed by atoms with Gasteiger partial charge in [0.2, 0.25) is 11.8 Å². The van der Waals surface area contributed by atoms with Crippen molar-refractivity contribution in [2.45, 2.75) is 89.6 Å². The molecule has 1 fully saturated rings. The van der Waals surface area contributed by atoms with Crippen LogP contribution in [0.4, 0.5) is 5.69 Å². The third-order valence-electron chi connectivity index (χ3n) is 7.07. The molecule has 2 rings (SSSR count). The molecule has 1 aliphatic carbocycles. The third-order valence-corrected chi connectivity index (χ3v) is 7.07. The van der Waals surface area contributed by atoms with Crippen LogP contribution in [-0.2, 0) is 14.4 Å². The molecule has 0 bridgehead atoms. The summed E-state index contributed by atoms with van der Waals surface area (Å²) in [6.45, 7) is 9.73. The molecule has 1 saturated carbocycles. The maximum absolute atomic E-state index is 13.2. The smallest absolute Gasteiger partial charge is 0.279 e. The average molecular weight is 574 g/mol. The third kappa shape index (κ3) is 12.2. The minimum atomic E-state index is -0.773. The zero-order valence-electron chi connectivity index (χ0n) is 23.2. The van der Waals surface area contributed by atoms with E-state index < -0.39 is 12.1 Å². The van der Waals surface area contributed by atoms with Gasteiger partial charge in [0.05, 0.1) is 33.0 Å². The first kappa shape index (κ1) is 36.0. The Hall–Kier alpha value is -2.00. The molecule has 216 valence electrons. The fourth-order valence-electron chi connectivity index (χ4n) is 4.79. The molecule has 10 heteroatoms. The Morgan fingerprint density at radius 1 is 1.03 bits per heavy atom. The first-order valence-corrected chi connectivity index (χ1v) is 13.7. The molecule has 8 N–H and O–H groups in total. The zero-order valence-corrected chi connectivity index (χ0v) is 24.7. The Morgan fingerprint density at radius 3 is 2.21 bits per heavy atom. The van der Waals surface area contributed by atoms with Crippen molar-refractivity contribution in [1.29, 1.82) is 0 Å². The number of carbonyl (C=O) groups is 3. The van der Waals surface area contributed by atoms with E-state index >= 15 is 0 Å². The van der Waals surface area contributed by atoms with Crippen LogP contribution in [0.3, 0.4) is 0 Å². The fourth-order valence-corrected chi connectivity index (χ4v) is 4.79. The van der Waals surface area contributed by atoms with Crippen LogP contribution in [0.15, 0.2) is 24.3 Å². The number of nitrogens with one attached hydrogen (secondary N) is 2. The van der Waals surface area contributed by atoms with Gasteiger partial charge in [-0.15, -0.1) is 0 Å². The van der Waals surface area contributed by atoms with E-state index in [9.17, 15) is 14.4 Å². The summed E-state index contributed by atoms with van der Waals surface area (Å²) in [5.41, 5.74) is 9.66. The van der Waals surface area contributed by atoms with Crippen LogP contribution in [0, 0.1) is 12.8 Å². The van der Waals surface area contributed by atoms with Crippen LogP contribution in [-0.4, -0.2) is 54.3 Å². The number of benzene rings is 1. The summed E-state index contributed by atoms with van der Waals surface area (Å²) in [6.07, 6.45) is 8.17. The lowest BCUT2D eigenvalue weighted by molar-refractivity contribution is -0.403. The molecule has 1 aromatic carbocycles. The summed E-state index contributed by atoms with van der Waals surface area (Å²) < 4.78 is 0. The van der Waals surface area contributed by atoms with Gasteiger partial charge in [0.1, 0.15) is 12.5 Å². The first-order valence-electron chi connectivity index (χ1n) is 13.7. The van der Waals surface area contributed by atoms with Crippen molar-refractivity contribution in [2.24, 2.45) is 5.92 Å². The Bertz CT molecular complexity index is 826. The molecule has 0 spiro atoms. The van der Waals surface area contributed by atoms with E-state index in [0.29, 0.717) is 50.0 Å². The molecular formula is C28H48Cl2N5O3+. The maximum Gasteiger partial charge on any atom is 0.279 e. The van der Waals surface area contributed by atoms with Crippen LogP contribution in [0.5, 0.6) is 0 Å². The highest BCUT2D eigenvalue weighted by Gasteiger charge is 2.29. The predicted octanol–water partition coefficient (Wildman–Crippen LogP) is -4.10. The van der Waals surface area contributed by atoms with Crippen molar-refractivity contribution >= 4 is 23.4 Å². The van der Waals surface area contributed by atoms with Gasteiger partial charge in [-0.1, -0.05) is 58.1 Å². The van der Waals surface area contributed by atoms with E-state index in [2.05, 4.69) is 42.9 Å². The molecule has 38 heavy (non-hydrogen) atoms. The van der Waals surface area contributed by atoms with E-state index in [0.717, 1.165) is 6.42 Å². The molecule has 2 unspecified atom stereocenters. The second-order valence-electron chi connectivity index (χ2n) is 10.4. The van der Waals surface area contributed by atoms with Crippen molar-refractivity contribution in [2.75, 3.05) is 25.0 Å². The molecule has 1 aliphatic rings. The van der Waals surface area contributed by atoms with Crippen LogP contribution in [0.2, 0.25) is 0 Å². The summed E-state index contributed by atoms with van der Waals surface area (Å²) in [7, 11) is 0. The number of halogens is 2. The Kier molecular flexibility index (Phi) is 18.1. The second-order valence-corrected chi connectivity index (χ2v) is 10.4. The summed E-state index contributed by atoms with van der Waals surface area (Å²) in [4.78, 5) is 40.6. The number of carbonyl (C=O) groups excluding carboxylic acids is 3. The number of anilines is 1. The summed E-state index contributed by atoms with van der Waals surface area (Å²) in [5, 5.41) is 5.87. The van der Waals surface area contributed by atoms with Gasteiger partial charge in [-0.3, -0.25) is 14.4 Å². The highest BCUT2D eigenvalue weighted by molar-refractivity contribution is 5.98. The molecule has 0 aliphatic heterocycles. The van der Waals surface area contributed by atoms with Gasteiger partial charge < -0.3 is 51.8 Å². The number of quaternary nitrogens is 2. The van der Waals surface area contributed by atoms with Gasteiger partial charge in [0.15, 0.2) is 6.04 Å². The molecule has 8 nitrogen and oxygen atoms in total. The highest BCUT2D eigenvalue weighted by atomic mass is 35.5. The quantitative estimate of drug-likeness (QED) is 0.169. The maximum atomic E-state index is 13.2. The Morgan fingerprint density at radius 2 is 1.66 bits per heavy atom. The zero-order chi connectivity index (χ0) is 26.5. The van der Waals surface area contributed by atoms with E-state index in [4.69, 9.17) is 0 Å². The van der Waals surface area contributed by atoms with Gasteiger partial charge in [-0.05, 0) is 42.4 Å². The van der Waals surface area contributed by atoms with Gasteiger partial charge in [0.25, 0.3) is 5.91 Å². The molecule has 0 aromatic heterocycles.